The highest BCUT2D eigenvalue weighted by Gasteiger charge is 2.16. The Morgan fingerprint density at radius 2 is 2.06 bits per heavy atom. The van der Waals surface area contributed by atoms with Gasteiger partial charge in [0.25, 0.3) is 0 Å². The molecule has 0 bridgehead atoms. The van der Waals surface area contributed by atoms with Crippen LogP contribution >= 0.6 is 0 Å². The van der Waals surface area contributed by atoms with Crippen LogP contribution in [0.4, 0.5) is 4.39 Å². The number of halogens is 1. The van der Waals surface area contributed by atoms with Gasteiger partial charge in [-0.2, -0.15) is 0 Å². The molecule has 0 fully saturated rings. The average Bonchev–Trinajstić information content (AvgIpc) is 2.30. The van der Waals surface area contributed by atoms with E-state index < -0.39 is 0 Å². The Morgan fingerprint density at radius 1 is 1.39 bits per heavy atom. The minimum absolute atomic E-state index is 0.0555. The molecular formula is C15H24FNO. The summed E-state index contributed by atoms with van der Waals surface area (Å²) in [5.41, 5.74) is 0.951. The molecule has 0 aliphatic carbocycles. The average molecular weight is 253 g/mol. The summed E-state index contributed by atoms with van der Waals surface area (Å²) in [6.07, 6.45) is 1.12. The number of nitrogens with one attached hydrogen (secondary N) is 1. The largest absolute Gasteiger partial charge is 0.489 e. The van der Waals surface area contributed by atoms with E-state index in [1.807, 2.05) is 13.8 Å². The highest BCUT2D eigenvalue weighted by molar-refractivity contribution is 5.32. The van der Waals surface area contributed by atoms with E-state index in [1.165, 1.54) is 12.1 Å². The fraction of sp³-hybridized carbons (Fsp3) is 0.600. The van der Waals surface area contributed by atoms with Crippen LogP contribution in [0.5, 0.6) is 5.75 Å². The van der Waals surface area contributed by atoms with E-state index in [-0.39, 0.29) is 17.5 Å². The molecule has 1 N–H and O–H groups in total. The summed E-state index contributed by atoms with van der Waals surface area (Å²) in [5, 5.41) is 3.46. The van der Waals surface area contributed by atoms with Gasteiger partial charge in [-0.05, 0) is 57.9 Å². The molecule has 1 aromatic carbocycles. The molecule has 0 aliphatic rings. The Labute approximate surface area is 110 Å². The Hall–Kier alpha value is -1.09. The molecule has 0 saturated carbocycles. The quantitative estimate of drug-likeness (QED) is 0.835. The van der Waals surface area contributed by atoms with Crippen LogP contribution in [0.3, 0.4) is 0 Å². The molecule has 0 amide bonds. The minimum atomic E-state index is -0.224. The van der Waals surface area contributed by atoms with Crippen molar-refractivity contribution in [3.8, 4) is 5.75 Å². The molecule has 0 aromatic heterocycles. The third-order valence-electron chi connectivity index (χ3n) is 3.22. The van der Waals surface area contributed by atoms with Crippen molar-refractivity contribution in [3.63, 3.8) is 0 Å². The second-order valence-corrected chi connectivity index (χ2v) is 5.46. The van der Waals surface area contributed by atoms with Gasteiger partial charge in [0.1, 0.15) is 17.7 Å². The van der Waals surface area contributed by atoms with E-state index in [4.69, 9.17) is 4.74 Å². The topological polar surface area (TPSA) is 21.3 Å². The summed E-state index contributed by atoms with van der Waals surface area (Å²) in [6.45, 7) is 11.1. The predicted molar refractivity (Wildman–Crippen MR) is 73.6 cm³/mol. The first-order valence-electron chi connectivity index (χ1n) is 6.52. The van der Waals surface area contributed by atoms with Gasteiger partial charge in [0.05, 0.1) is 0 Å². The van der Waals surface area contributed by atoms with Crippen molar-refractivity contribution in [1.82, 2.24) is 5.32 Å². The number of ether oxygens (including phenoxy) is 1. The smallest absolute Gasteiger partial charge is 0.123 e. The zero-order chi connectivity index (χ0) is 13.8. The Balaban J connectivity index is 2.52. The van der Waals surface area contributed by atoms with Crippen molar-refractivity contribution in [2.24, 2.45) is 0 Å². The van der Waals surface area contributed by atoms with Crippen LogP contribution in [-0.4, -0.2) is 18.2 Å². The molecule has 1 aromatic rings. The second kappa shape index (κ2) is 6.19. The first-order valence-corrected chi connectivity index (χ1v) is 6.52. The van der Waals surface area contributed by atoms with Gasteiger partial charge in [-0.1, -0.05) is 6.92 Å². The van der Waals surface area contributed by atoms with Gasteiger partial charge < -0.3 is 10.1 Å². The lowest BCUT2D eigenvalue weighted by atomic mass is 10.0. The molecule has 18 heavy (non-hydrogen) atoms. The number of aryl methyl sites for hydroxylation is 1. The maximum absolute atomic E-state index is 13.0. The molecule has 1 unspecified atom stereocenters. The lowest BCUT2D eigenvalue weighted by Gasteiger charge is -2.27. The first kappa shape index (κ1) is 15.0. The van der Waals surface area contributed by atoms with Crippen LogP contribution in [0, 0.1) is 12.7 Å². The standard InChI is InChI=1S/C15H24FNO/c1-6-15(4,5)17-10-12(3)18-14-8-7-13(16)9-11(14)2/h7-9,12,17H,6,10H2,1-5H3. The van der Waals surface area contributed by atoms with Crippen molar-refractivity contribution in [3.05, 3.63) is 29.6 Å². The summed E-state index contributed by atoms with van der Waals surface area (Å²) in [4.78, 5) is 0. The van der Waals surface area contributed by atoms with E-state index in [0.29, 0.717) is 0 Å². The SMILES string of the molecule is CCC(C)(C)NCC(C)Oc1ccc(F)cc1C. The molecule has 3 heteroatoms. The lowest BCUT2D eigenvalue weighted by molar-refractivity contribution is 0.197. The minimum Gasteiger partial charge on any atom is -0.489 e. The summed E-state index contributed by atoms with van der Waals surface area (Å²) in [7, 11) is 0. The molecule has 102 valence electrons. The van der Waals surface area contributed by atoms with Gasteiger partial charge in [0.15, 0.2) is 0 Å². The third-order valence-corrected chi connectivity index (χ3v) is 3.22. The van der Waals surface area contributed by atoms with Crippen LogP contribution in [0.2, 0.25) is 0 Å². The number of hydrogen-bond donors (Lipinski definition) is 1. The zero-order valence-corrected chi connectivity index (χ0v) is 12.0. The van der Waals surface area contributed by atoms with Gasteiger partial charge in [0.2, 0.25) is 0 Å². The molecular weight excluding hydrogens is 229 g/mol. The molecule has 0 spiro atoms. The van der Waals surface area contributed by atoms with Gasteiger partial charge in [-0.15, -0.1) is 0 Å². The highest BCUT2D eigenvalue weighted by Crippen LogP contribution is 2.19. The van der Waals surface area contributed by atoms with E-state index in [9.17, 15) is 4.39 Å². The van der Waals surface area contributed by atoms with Crippen molar-refractivity contribution >= 4 is 0 Å². The van der Waals surface area contributed by atoms with Gasteiger partial charge in [-0.25, -0.2) is 4.39 Å². The van der Waals surface area contributed by atoms with Crippen LogP contribution < -0.4 is 10.1 Å². The van der Waals surface area contributed by atoms with Crippen LogP contribution in [0.25, 0.3) is 0 Å². The van der Waals surface area contributed by atoms with Crippen LogP contribution in [0.1, 0.15) is 39.7 Å². The monoisotopic (exact) mass is 253 g/mol. The maximum atomic E-state index is 13.0. The Kier molecular flexibility index (Phi) is 5.15. The normalized spacial score (nSPS) is 13.4. The Bertz CT molecular complexity index is 390. The number of rotatable bonds is 6. The third kappa shape index (κ3) is 4.65. The fourth-order valence-corrected chi connectivity index (χ4v) is 1.55. The highest BCUT2D eigenvalue weighted by atomic mass is 19.1. The number of benzene rings is 1. The molecule has 0 radical (unpaired) electrons. The van der Waals surface area contributed by atoms with E-state index in [0.717, 1.165) is 24.3 Å². The fourth-order valence-electron chi connectivity index (χ4n) is 1.55. The summed E-state index contributed by atoms with van der Waals surface area (Å²) < 4.78 is 18.8. The van der Waals surface area contributed by atoms with Gasteiger partial charge in [0, 0.05) is 12.1 Å². The van der Waals surface area contributed by atoms with Crippen molar-refractivity contribution < 1.29 is 9.13 Å². The molecule has 0 heterocycles. The molecule has 1 rings (SSSR count). The summed E-state index contributed by atoms with van der Waals surface area (Å²) in [6, 6.07) is 4.61. The molecule has 2 nitrogen and oxygen atoms in total. The second-order valence-electron chi connectivity index (χ2n) is 5.46. The lowest BCUT2D eigenvalue weighted by Crippen LogP contribution is -2.43. The number of hydrogen-bond acceptors (Lipinski definition) is 2. The summed E-state index contributed by atoms with van der Waals surface area (Å²) >= 11 is 0. The predicted octanol–water partition coefficient (Wildman–Crippen LogP) is 3.68. The van der Waals surface area contributed by atoms with E-state index >= 15 is 0 Å². The Morgan fingerprint density at radius 3 is 2.61 bits per heavy atom. The van der Waals surface area contributed by atoms with Crippen LogP contribution in [0.15, 0.2) is 18.2 Å². The van der Waals surface area contributed by atoms with Crippen molar-refractivity contribution in [1.29, 1.82) is 0 Å². The maximum Gasteiger partial charge on any atom is 0.123 e. The van der Waals surface area contributed by atoms with Gasteiger partial charge in [-0.3, -0.25) is 0 Å². The van der Waals surface area contributed by atoms with Crippen molar-refractivity contribution in [2.45, 2.75) is 52.7 Å². The van der Waals surface area contributed by atoms with Crippen LogP contribution in [-0.2, 0) is 0 Å². The summed E-state index contributed by atoms with van der Waals surface area (Å²) in [5.74, 6) is 0.526. The molecule has 0 saturated heterocycles. The first-order chi connectivity index (χ1) is 8.34. The zero-order valence-electron chi connectivity index (χ0n) is 12.0. The van der Waals surface area contributed by atoms with Crippen molar-refractivity contribution in [2.75, 3.05) is 6.54 Å². The molecule has 0 aliphatic heterocycles. The van der Waals surface area contributed by atoms with Gasteiger partial charge >= 0.3 is 0 Å². The van der Waals surface area contributed by atoms with E-state index in [2.05, 4.69) is 26.1 Å². The van der Waals surface area contributed by atoms with E-state index in [1.54, 1.807) is 6.07 Å². The molecule has 1 atom stereocenters.